The van der Waals surface area contributed by atoms with Crippen molar-refractivity contribution in [1.29, 1.82) is 0 Å². The molecule has 0 aliphatic carbocycles. The van der Waals surface area contributed by atoms with E-state index in [1.807, 2.05) is 6.07 Å². The summed E-state index contributed by atoms with van der Waals surface area (Å²) in [4.78, 5) is 4.30. The molecule has 0 radical (unpaired) electrons. The number of rotatable bonds is 4. The van der Waals surface area contributed by atoms with Gasteiger partial charge in [0.05, 0.1) is 16.8 Å². The predicted octanol–water partition coefficient (Wildman–Crippen LogP) is 1.68. The van der Waals surface area contributed by atoms with Gasteiger partial charge in [-0.25, -0.2) is 13.4 Å². The average molecular weight is 277 g/mol. The smallest absolute Gasteiger partial charge is 0.175 e. The highest BCUT2D eigenvalue weighted by Gasteiger charge is 2.05. The Morgan fingerprint density at radius 3 is 2.37 bits per heavy atom. The zero-order chi connectivity index (χ0) is 13.9. The summed E-state index contributed by atoms with van der Waals surface area (Å²) < 4.78 is 22.6. The van der Waals surface area contributed by atoms with Crippen LogP contribution in [0.25, 0.3) is 0 Å². The van der Waals surface area contributed by atoms with Crippen molar-refractivity contribution in [3.05, 3.63) is 48.2 Å². The molecule has 0 atom stereocenters. The fourth-order valence-electron chi connectivity index (χ4n) is 1.57. The number of nitrogen functional groups attached to an aromatic ring is 1. The van der Waals surface area contributed by atoms with Crippen LogP contribution in [-0.2, 0) is 16.4 Å². The zero-order valence-electron chi connectivity index (χ0n) is 10.5. The van der Waals surface area contributed by atoms with Crippen LogP contribution in [0.15, 0.2) is 47.5 Å². The molecule has 100 valence electrons. The molecular formula is C13H15N3O2S. The largest absolute Gasteiger partial charge is 0.384 e. The van der Waals surface area contributed by atoms with Gasteiger partial charge in [0.2, 0.25) is 0 Å². The van der Waals surface area contributed by atoms with Gasteiger partial charge in [-0.2, -0.15) is 0 Å². The molecule has 0 saturated heterocycles. The first-order valence-electron chi connectivity index (χ1n) is 5.69. The van der Waals surface area contributed by atoms with Crippen LogP contribution < -0.4 is 11.1 Å². The first-order valence-corrected chi connectivity index (χ1v) is 7.59. The van der Waals surface area contributed by atoms with Crippen LogP contribution in [0.2, 0.25) is 0 Å². The van der Waals surface area contributed by atoms with Crippen molar-refractivity contribution in [1.82, 2.24) is 4.98 Å². The zero-order valence-corrected chi connectivity index (χ0v) is 11.3. The lowest BCUT2D eigenvalue weighted by Gasteiger charge is -2.07. The molecule has 2 rings (SSSR count). The van der Waals surface area contributed by atoms with Crippen molar-refractivity contribution in [3.63, 3.8) is 0 Å². The summed E-state index contributed by atoms with van der Waals surface area (Å²) >= 11 is 0. The van der Waals surface area contributed by atoms with Crippen molar-refractivity contribution in [2.75, 3.05) is 17.3 Å². The molecule has 0 unspecified atom stereocenters. The summed E-state index contributed by atoms with van der Waals surface area (Å²) in [5, 5.41) is 3.18. The van der Waals surface area contributed by atoms with Gasteiger partial charge in [0.1, 0.15) is 5.82 Å². The number of hydrogen-bond acceptors (Lipinski definition) is 5. The van der Waals surface area contributed by atoms with Crippen molar-refractivity contribution in [2.24, 2.45) is 0 Å². The van der Waals surface area contributed by atoms with Crippen LogP contribution in [0.4, 0.5) is 11.5 Å². The number of aromatic nitrogens is 1. The minimum atomic E-state index is -3.14. The van der Waals surface area contributed by atoms with E-state index in [0.29, 0.717) is 17.3 Å². The molecule has 1 heterocycles. The van der Waals surface area contributed by atoms with Gasteiger partial charge in [-0.05, 0) is 29.8 Å². The number of nitrogens with zero attached hydrogens (tertiary/aromatic N) is 1. The van der Waals surface area contributed by atoms with Gasteiger partial charge in [-0.1, -0.05) is 12.1 Å². The molecule has 0 amide bonds. The molecule has 3 N–H and O–H groups in total. The molecule has 5 nitrogen and oxygen atoms in total. The maximum Gasteiger partial charge on any atom is 0.175 e. The lowest BCUT2D eigenvalue weighted by Crippen LogP contribution is -2.02. The predicted molar refractivity (Wildman–Crippen MR) is 75.5 cm³/mol. The summed E-state index contributed by atoms with van der Waals surface area (Å²) in [5.74, 6) is 0.475. The third-order valence-electron chi connectivity index (χ3n) is 2.63. The van der Waals surface area contributed by atoms with Crippen LogP contribution in [0.1, 0.15) is 5.56 Å². The Balaban J connectivity index is 2.02. The highest BCUT2D eigenvalue weighted by molar-refractivity contribution is 7.90. The van der Waals surface area contributed by atoms with Crippen molar-refractivity contribution in [3.8, 4) is 0 Å². The van der Waals surface area contributed by atoms with E-state index < -0.39 is 9.84 Å². The number of benzene rings is 1. The standard InChI is InChI=1S/C13H15N3O2S/c1-19(17,18)12-5-2-10(3-6-12)8-15-11-4-7-13(14)16-9-11/h2-7,9,15H,8H2,1H3,(H2,14,16). The third-order valence-corrected chi connectivity index (χ3v) is 3.76. The number of sulfone groups is 1. The molecule has 0 aliphatic heterocycles. The highest BCUT2D eigenvalue weighted by atomic mass is 32.2. The van der Waals surface area contributed by atoms with Crippen LogP contribution in [0.5, 0.6) is 0 Å². The maximum absolute atomic E-state index is 11.3. The first kappa shape index (κ1) is 13.4. The number of hydrogen-bond donors (Lipinski definition) is 2. The fourth-order valence-corrected chi connectivity index (χ4v) is 2.20. The van der Waals surface area contributed by atoms with Gasteiger partial charge in [0, 0.05) is 12.8 Å². The van der Waals surface area contributed by atoms with Crippen LogP contribution in [-0.4, -0.2) is 19.7 Å². The Morgan fingerprint density at radius 2 is 1.84 bits per heavy atom. The lowest BCUT2D eigenvalue weighted by atomic mass is 10.2. The fraction of sp³-hybridized carbons (Fsp3) is 0.154. The molecular weight excluding hydrogens is 262 g/mol. The Hall–Kier alpha value is -2.08. The van der Waals surface area contributed by atoms with E-state index in [2.05, 4.69) is 10.3 Å². The van der Waals surface area contributed by atoms with Gasteiger partial charge in [-0.15, -0.1) is 0 Å². The molecule has 1 aromatic carbocycles. The second-order valence-electron chi connectivity index (χ2n) is 4.24. The van der Waals surface area contributed by atoms with Crippen LogP contribution >= 0.6 is 0 Å². The molecule has 0 spiro atoms. The molecule has 0 fully saturated rings. The van der Waals surface area contributed by atoms with E-state index in [1.165, 1.54) is 6.26 Å². The molecule has 6 heteroatoms. The Bertz CT molecular complexity index is 649. The topological polar surface area (TPSA) is 85.1 Å². The number of nitrogens with two attached hydrogens (primary N) is 1. The summed E-state index contributed by atoms with van der Waals surface area (Å²) in [6, 6.07) is 10.3. The second kappa shape index (κ2) is 5.27. The number of pyridine rings is 1. The minimum absolute atomic E-state index is 0.324. The second-order valence-corrected chi connectivity index (χ2v) is 6.26. The molecule has 0 aliphatic rings. The quantitative estimate of drug-likeness (QED) is 0.888. The summed E-state index contributed by atoms with van der Waals surface area (Å²) in [5.41, 5.74) is 7.35. The normalized spacial score (nSPS) is 11.2. The van der Waals surface area contributed by atoms with E-state index in [-0.39, 0.29) is 0 Å². The first-order chi connectivity index (χ1) is 8.95. The summed E-state index contributed by atoms with van der Waals surface area (Å²) in [6.45, 7) is 0.593. The Labute approximate surface area is 112 Å². The maximum atomic E-state index is 11.3. The summed E-state index contributed by atoms with van der Waals surface area (Å²) in [6.07, 6.45) is 2.85. The lowest BCUT2D eigenvalue weighted by molar-refractivity contribution is 0.602. The van der Waals surface area contributed by atoms with Gasteiger partial charge in [0.15, 0.2) is 9.84 Å². The van der Waals surface area contributed by atoms with E-state index in [1.54, 1.807) is 36.5 Å². The van der Waals surface area contributed by atoms with Crippen molar-refractivity contribution in [2.45, 2.75) is 11.4 Å². The van der Waals surface area contributed by atoms with Gasteiger partial charge in [0.25, 0.3) is 0 Å². The summed E-state index contributed by atoms with van der Waals surface area (Å²) in [7, 11) is -3.14. The molecule has 0 bridgehead atoms. The van der Waals surface area contributed by atoms with Crippen molar-refractivity contribution >= 4 is 21.3 Å². The molecule has 1 aromatic heterocycles. The Kier molecular flexibility index (Phi) is 3.71. The van der Waals surface area contributed by atoms with Gasteiger partial charge >= 0.3 is 0 Å². The van der Waals surface area contributed by atoms with E-state index in [9.17, 15) is 8.42 Å². The minimum Gasteiger partial charge on any atom is -0.384 e. The van der Waals surface area contributed by atoms with Crippen LogP contribution in [0, 0.1) is 0 Å². The Morgan fingerprint density at radius 1 is 1.16 bits per heavy atom. The highest BCUT2D eigenvalue weighted by Crippen LogP contribution is 2.12. The number of anilines is 2. The van der Waals surface area contributed by atoms with Gasteiger partial charge in [-0.3, -0.25) is 0 Å². The van der Waals surface area contributed by atoms with Gasteiger partial charge < -0.3 is 11.1 Å². The van der Waals surface area contributed by atoms with E-state index >= 15 is 0 Å². The molecule has 2 aromatic rings. The van der Waals surface area contributed by atoms with Crippen LogP contribution in [0.3, 0.4) is 0 Å². The van der Waals surface area contributed by atoms with Crippen molar-refractivity contribution < 1.29 is 8.42 Å². The van der Waals surface area contributed by atoms with E-state index in [4.69, 9.17) is 5.73 Å². The SMILES string of the molecule is CS(=O)(=O)c1ccc(CNc2ccc(N)nc2)cc1. The monoisotopic (exact) mass is 277 g/mol. The number of nitrogens with one attached hydrogen (secondary N) is 1. The molecule has 19 heavy (non-hydrogen) atoms. The third kappa shape index (κ3) is 3.69. The van der Waals surface area contributed by atoms with E-state index in [0.717, 1.165) is 11.3 Å². The average Bonchev–Trinajstić information content (AvgIpc) is 2.37. The molecule has 0 saturated carbocycles.